The van der Waals surface area contributed by atoms with Crippen molar-refractivity contribution < 1.29 is 23.8 Å². The first-order valence-corrected chi connectivity index (χ1v) is 7.82. The van der Waals surface area contributed by atoms with E-state index in [2.05, 4.69) is 21.2 Å². The van der Waals surface area contributed by atoms with Crippen LogP contribution in [0.1, 0.15) is 23.2 Å². The number of carboxylic acids is 1. The summed E-state index contributed by atoms with van der Waals surface area (Å²) in [7, 11) is 0. The zero-order chi connectivity index (χ0) is 16.1. The standard InChI is InChI=1S/C15H17BrFNO4/c16-13-2-1-10(17)7-11(13)14(19)18-8-12(15(20)21)9-3-5-22-6-4-9/h1-2,7,9,12H,3-6,8H2,(H,18,19)(H,20,21). The van der Waals surface area contributed by atoms with Crippen LogP contribution in [0.2, 0.25) is 0 Å². The predicted octanol–water partition coefficient (Wildman–Crippen LogP) is 2.45. The lowest BCUT2D eigenvalue weighted by atomic mass is 9.86. The molecule has 0 aliphatic carbocycles. The van der Waals surface area contributed by atoms with Crippen molar-refractivity contribution in [3.8, 4) is 0 Å². The first-order chi connectivity index (χ1) is 10.5. The van der Waals surface area contributed by atoms with Gasteiger partial charge in [0, 0.05) is 24.2 Å². The number of halogens is 2. The highest BCUT2D eigenvalue weighted by Crippen LogP contribution is 2.24. The van der Waals surface area contributed by atoms with Crippen LogP contribution in [0, 0.1) is 17.7 Å². The minimum absolute atomic E-state index is 0.0157. The Labute approximate surface area is 136 Å². The molecule has 22 heavy (non-hydrogen) atoms. The maximum atomic E-state index is 13.2. The van der Waals surface area contributed by atoms with Gasteiger partial charge >= 0.3 is 5.97 Å². The molecule has 2 N–H and O–H groups in total. The van der Waals surface area contributed by atoms with Crippen LogP contribution in [0.5, 0.6) is 0 Å². The Bertz CT molecular complexity index is 560. The smallest absolute Gasteiger partial charge is 0.308 e. The summed E-state index contributed by atoms with van der Waals surface area (Å²) in [6.45, 7) is 1.09. The third-order valence-corrected chi connectivity index (χ3v) is 4.50. The van der Waals surface area contributed by atoms with Gasteiger partial charge in [-0.2, -0.15) is 0 Å². The van der Waals surface area contributed by atoms with Crippen LogP contribution in [-0.4, -0.2) is 36.7 Å². The number of carbonyl (C=O) groups is 2. The van der Waals surface area contributed by atoms with Gasteiger partial charge < -0.3 is 15.2 Å². The quantitative estimate of drug-likeness (QED) is 0.830. The third-order valence-electron chi connectivity index (χ3n) is 3.81. The van der Waals surface area contributed by atoms with E-state index < -0.39 is 23.6 Å². The first kappa shape index (κ1) is 16.9. The Balaban J connectivity index is 2.01. The van der Waals surface area contributed by atoms with E-state index in [0.717, 1.165) is 6.07 Å². The molecular formula is C15H17BrFNO4. The van der Waals surface area contributed by atoms with Gasteiger partial charge in [-0.25, -0.2) is 4.39 Å². The molecule has 1 aromatic rings. The normalized spacial score (nSPS) is 17.0. The molecule has 0 aromatic heterocycles. The van der Waals surface area contributed by atoms with Crippen LogP contribution in [0.15, 0.2) is 22.7 Å². The minimum atomic E-state index is -0.939. The molecule has 1 saturated heterocycles. The summed E-state index contributed by atoms with van der Waals surface area (Å²) in [5, 5.41) is 11.9. The molecule has 1 aliphatic heterocycles. The van der Waals surface area contributed by atoms with Gasteiger partial charge in [0.2, 0.25) is 0 Å². The van der Waals surface area contributed by atoms with E-state index in [4.69, 9.17) is 4.74 Å². The molecule has 0 saturated carbocycles. The van der Waals surface area contributed by atoms with Crippen LogP contribution in [0.25, 0.3) is 0 Å². The van der Waals surface area contributed by atoms with Crippen molar-refractivity contribution >= 4 is 27.8 Å². The molecule has 1 atom stereocenters. The van der Waals surface area contributed by atoms with E-state index in [-0.39, 0.29) is 18.0 Å². The molecule has 0 bridgehead atoms. The fourth-order valence-corrected chi connectivity index (χ4v) is 2.97. The van der Waals surface area contributed by atoms with Crippen LogP contribution < -0.4 is 5.32 Å². The van der Waals surface area contributed by atoms with Gasteiger partial charge in [0.15, 0.2) is 0 Å². The van der Waals surface area contributed by atoms with Crippen LogP contribution in [-0.2, 0) is 9.53 Å². The molecule has 1 fully saturated rings. The fraction of sp³-hybridized carbons (Fsp3) is 0.467. The van der Waals surface area contributed by atoms with E-state index in [1.807, 2.05) is 0 Å². The Hall–Kier alpha value is -1.47. The number of carboxylic acid groups (broad SMARTS) is 1. The van der Waals surface area contributed by atoms with Crippen molar-refractivity contribution in [3.63, 3.8) is 0 Å². The zero-order valence-electron chi connectivity index (χ0n) is 11.9. The highest BCUT2D eigenvalue weighted by Gasteiger charge is 2.30. The summed E-state index contributed by atoms with van der Waals surface area (Å²) in [5.74, 6) is -2.65. The van der Waals surface area contributed by atoms with Gasteiger partial charge in [-0.1, -0.05) is 0 Å². The minimum Gasteiger partial charge on any atom is -0.481 e. The summed E-state index contributed by atoms with van der Waals surface area (Å²) >= 11 is 3.18. The lowest BCUT2D eigenvalue weighted by Gasteiger charge is -2.27. The van der Waals surface area contributed by atoms with E-state index in [1.54, 1.807) is 0 Å². The number of aliphatic carboxylic acids is 1. The zero-order valence-corrected chi connectivity index (χ0v) is 13.4. The van der Waals surface area contributed by atoms with Gasteiger partial charge in [-0.3, -0.25) is 9.59 Å². The number of carbonyl (C=O) groups excluding carboxylic acids is 1. The van der Waals surface area contributed by atoms with E-state index in [1.165, 1.54) is 12.1 Å². The summed E-state index contributed by atoms with van der Waals surface area (Å²) in [6, 6.07) is 3.80. The van der Waals surface area contributed by atoms with Gasteiger partial charge in [0.1, 0.15) is 5.82 Å². The highest BCUT2D eigenvalue weighted by atomic mass is 79.9. The SMILES string of the molecule is O=C(NCC(C(=O)O)C1CCOCC1)c1cc(F)ccc1Br. The lowest BCUT2D eigenvalue weighted by molar-refractivity contribution is -0.144. The molecule has 1 heterocycles. The van der Waals surface area contributed by atoms with Crippen molar-refractivity contribution in [1.29, 1.82) is 0 Å². The summed E-state index contributed by atoms with van der Waals surface area (Å²) < 4.78 is 18.9. The number of benzene rings is 1. The van der Waals surface area contributed by atoms with Gasteiger partial charge in [-0.05, 0) is 52.9 Å². The van der Waals surface area contributed by atoms with Crippen LogP contribution >= 0.6 is 15.9 Å². The maximum Gasteiger partial charge on any atom is 0.308 e. The lowest BCUT2D eigenvalue weighted by Crippen LogP contribution is -2.39. The molecule has 1 aliphatic rings. The second kappa shape index (κ2) is 7.69. The number of rotatable bonds is 5. The van der Waals surface area contributed by atoms with Crippen molar-refractivity contribution in [1.82, 2.24) is 5.32 Å². The Morgan fingerprint density at radius 3 is 2.73 bits per heavy atom. The Morgan fingerprint density at radius 1 is 1.41 bits per heavy atom. The molecule has 1 aromatic carbocycles. The van der Waals surface area contributed by atoms with Crippen LogP contribution in [0.3, 0.4) is 0 Å². The van der Waals surface area contributed by atoms with Gasteiger partial charge in [0.05, 0.1) is 11.5 Å². The topological polar surface area (TPSA) is 75.6 Å². The van der Waals surface area contributed by atoms with Crippen molar-refractivity contribution in [3.05, 3.63) is 34.1 Å². The van der Waals surface area contributed by atoms with Crippen molar-refractivity contribution in [2.75, 3.05) is 19.8 Å². The van der Waals surface area contributed by atoms with E-state index in [0.29, 0.717) is 30.5 Å². The summed E-state index contributed by atoms with van der Waals surface area (Å²) in [4.78, 5) is 23.5. The predicted molar refractivity (Wildman–Crippen MR) is 81.1 cm³/mol. The van der Waals surface area contributed by atoms with Crippen molar-refractivity contribution in [2.45, 2.75) is 12.8 Å². The Morgan fingerprint density at radius 2 is 2.09 bits per heavy atom. The molecule has 7 heteroatoms. The number of ether oxygens (including phenoxy) is 1. The molecule has 120 valence electrons. The van der Waals surface area contributed by atoms with Crippen LogP contribution in [0.4, 0.5) is 4.39 Å². The molecule has 0 radical (unpaired) electrons. The fourth-order valence-electron chi connectivity index (χ4n) is 2.54. The number of amides is 1. The molecule has 1 amide bonds. The Kier molecular flexibility index (Phi) is 5.90. The number of hydrogen-bond acceptors (Lipinski definition) is 3. The molecule has 5 nitrogen and oxygen atoms in total. The maximum absolute atomic E-state index is 13.2. The molecule has 0 spiro atoms. The first-order valence-electron chi connectivity index (χ1n) is 7.03. The number of nitrogens with one attached hydrogen (secondary N) is 1. The van der Waals surface area contributed by atoms with Crippen molar-refractivity contribution in [2.24, 2.45) is 11.8 Å². The third kappa shape index (κ3) is 4.27. The largest absolute Gasteiger partial charge is 0.481 e. The second-order valence-electron chi connectivity index (χ2n) is 5.23. The average molecular weight is 374 g/mol. The van der Waals surface area contributed by atoms with E-state index in [9.17, 15) is 19.1 Å². The number of hydrogen-bond donors (Lipinski definition) is 2. The van der Waals surface area contributed by atoms with Gasteiger partial charge in [0.25, 0.3) is 5.91 Å². The highest BCUT2D eigenvalue weighted by molar-refractivity contribution is 9.10. The summed E-state index contributed by atoms with van der Waals surface area (Å²) in [5.41, 5.74) is 0.149. The molecule has 1 unspecified atom stereocenters. The molecular weight excluding hydrogens is 357 g/mol. The molecule has 2 rings (SSSR count). The second-order valence-corrected chi connectivity index (χ2v) is 6.08. The summed E-state index contributed by atoms with van der Waals surface area (Å²) in [6.07, 6.45) is 1.33. The monoisotopic (exact) mass is 373 g/mol. The average Bonchev–Trinajstić information content (AvgIpc) is 2.50. The van der Waals surface area contributed by atoms with E-state index >= 15 is 0 Å². The van der Waals surface area contributed by atoms with Gasteiger partial charge in [-0.15, -0.1) is 0 Å².